The minimum atomic E-state index is -4.03. The van der Waals surface area contributed by atoms with Gasteiger partial charge in [0.2, 0.25) is 5.91 Å². The topological polar surface area (TPSA) is 110 Å². The number of amides is 1. The van der Waals surface area contributed by atoms with E-state index in [1.54, 1.807) is 43.0 Å². The SMILES string of the molecule is Cc1cc([N+](=O)[O-])cc(S(=O)(=O)Nc2cccc(N3CCCC3=O)c2)c1C. The van der Waals surface area contributed by atoms with Gasteiger partial charge in [-0.05, 0) is 49.6 Å². The lowest BCUT2D eigenvalue weighted by Crippen LogP contribution is -2.23. The van der Waals surface area contributed by atoms with Gasteiger partial charge in [0.25, 0.3) is 15.7 Å². The number of nitro benzene ring substituents is 1. The van der Waals surface area contributed by atoms with Gasteiger partial charge in [0.15, 0.2) is 0 Å². The molecule has 0 unspecified atom stereocenters. The van der Waals surface area contributed by atoms with Crippen molar-refractivity contribution in [2.75, 3.05) is 16.2 Å². The fourth-order valence-corrected chi connectivity index (χ4v) is 4.45. The van der Waals surface area contributed by atoms with E-state index in [9.17, 15) is 23.3 Å². The molecule has 27 heavy (non-hydrogen) atoms. The van der Waals surface area contributed by atoms with Crippen LogP contribution in [0.5, 0.6) is 0 Å². The highest BCUT2D eigenvalue weighted by atomic mass is 32.2. The molecule has 0 aromatic heterocycles. The zero-order valence-corrected chi connectivity index (χ0v) is 15.7. The van der Waals surface area contributed by atoms with E-state index < -0.39 is 14.9 Å². The van der Waals surface area contributed by atoms with Gasteiger partial charge in [0, 0.05) is 30.8 Å². The number of anilines is 2. The Hall–Kier alpha value is -2.94. The molecule has 1 fully saturated rings. The Morgan fingerprint density at radius 3 is 2.56 bits per heavy atom. The minimum absolute atomic E-state index is 0.000149. The number of carbonyl (C=O) groups excluding carboxylic acids is 1. The molecule has 1 aliphatic rings. The number of hydrogen-bond acceptors (Lipinski definition) is 5. The highest BCUT2D eigenvalue weighted by Crippen LogP contribution is 2.29. The van der Waals surface area contributed by atoms with Crippen molar-refractivity contribution in [2.45, 2.75) is 31.6 Å². The Kier molecular flexibility index (Phi) is 4.88. The van der Waals surface area contributed by atoms with Crippen molar-refractivity contribution in [3.63, 3.8) is 0 Å². The number of benzene rings is 2. The van der Waals surface area contributed by atoms with Gasteiger partial charge in [-0.2, -0.15) is 0 Å². The second-order valence-corrected chi connectivity index (χ2v) is 8.10. The predicted octanol–water partition coefficient (Wildman–Crippen LogP) is 3.14. The van der Waals surface area contributed by atoms with Gasteiger partial charge in [-0.25, -0.2) is 8.42 Å². The molecule has 0 bridgehead atoms. The number of hydrogen-bond donors (Lipinski definition) is 1. The number of carbonyl (C=O) groups is 1. The molecule has 2 aromatic carbocycles. The first-order valence-corrected chi connectivity index (χ1v) is 9.86. The maximum absolute atomic E-state index is 12.8. The van der Waals surface area contributed by atoms with Crippen LogP contribution in [0.15, 0.2) is 41.3 Å². The van der Waals surface area contributed by atoms with Crippen LogP contribution in [0, 0.1) is 24.0 Å². The Bertz CT molecular complexity index is 1030. The van der Waals surface area contributed by atoms with E-state index in [1.807, 2.05) is 0 Å². The summed E-state index contributed by atoms with van der Waals surface area (Å²) in [5, 5.41) is 11.1. The standard InChI is InChI=1S/C18H19N3O5S/c1-12-9-16(21(23)24)11-17(13(12)2)27(25,26)19-14-5-3-6-15(10-14)20-8-4-7-18(20)22/h3,5-6,9-11,19H,4,7-8H2,1-2H3. The lowest BCUT2D eigenvalue weighted by molar-refractivity contribution is -0.385. The average molecular weight is 389 g/mol. The summed E-state index contributed by atoms with van der Waals surface area (Å²) in [6, 6.07) is 8.95. The third-order valence-corrected chi connectivity index (χ3v) is 6.10. The monoisotopic (exact) mass is 389 g/mol. The molecule has 8 nitrogen and oxygen atoms in total. The first-order valence-electron chi connectivity index (χ1n) is 8.38. The first kappa shape index (κ1) is 18.8. The van der Waals surface area contributed by atoms with Crippen molar-refractivity contribution in [3.05, 3.63) is 57.6 Å². The molecule has 142 valence electrons. The summed E-state index contributed by atoms with van der Waals surface area (Å²) >= 11 is 0. The van der Waals surface area contributed by atoms with Crippen LogP contribution < -0.4 is 9.62 Å². The van der Waals surface area contributed by atoms with Crippen LogP contribution in [0.2, 0.25) is 0 Å². The fourth-order valence-electron chi connectivity index (χ4n) is 3.06. The van der Waals surface area contributed by atoms with Gasteiger partial charge >= 0.3 is 0 Å². The smallest absolute Gasteiger partial charge is 0.271 e. The zero-order valence-electron chi connectivity index (χ0n) is 14.9. The van der Waals surface area contributed by atoms with E-state index in [4.69, 9.17) is 0 Å². The second kappa shape index (κ2) is 6.99. The van der Waals surface area contributed by atoms with Gasteiger partial charge in [0.1, 0.15) is 0 Å². The van der Waals surface area contributed by atoms with Crippen LogP contribution in [0.4, 0.5) is 17.1 Å². The maximum atomic E-state index is 12.8. The summed E-state index contributed by atoms with van der Waals surface area (Å²) in [4.78, 5) is 23.8. The van der Waals surface area contributed by atoms with E-state index >= 15 is 0 Å². The number of nitro groups is 1. The molecule has 0 radical (unpaired) electrons. The van der Waals surface area contributed by atoms with Crippen LogP contribution in [-0.2, 0) is 14.8 Å². The quantitative estimate of drug-likeness (QED) is 0.624. The molecular formula is C18H19N3O5S. The zero-order chi connectivity index (χ0) is 19.8. The van der Waals surface area contributed by atoms with Crippen molar-refractivity contribution in [1.82, 2.24) is 0 Å². The Balaban J connectivity index is 1.96. The minimum Gasteiger partial charge on any atom is -0.312 e. The van der Waals surface area contributed by atoms with E-state index in [0.29, 0.717) is 29.8 Å². The summed E-state index contributed by atoms with van der Waals surface area (Å²) in [6.45, 7) is 3.83. The summed E-state index contributed by atoms with van der Waals surface area (Å²) < 4.78 is 28.1. The highest BCUT2D eigenvalue weighted by Gasteiger charge is 2.24. The number of non-ortho nitro benzene ring substituents is 1. The largest absolute Gasteiger partial charge is 0.312 e. The van der Waals surface area contributed by atoms with Crippen LogP contribution in [0.25, 0.3) is 0 Å². The number of nitrogens with one attached hydrogen (secondary N) is 1. The summed E-state index contributed by atoms with van der Waals surface area (Å²) in [5.74, 6) is 0.000149. The average Bonchev–Trinajstić information content (AvgIpc) is 3.02. The Morgan fingerprint density at radius 1 is 1.19 bits per heavy atom. The van der Waals surface area contributed by atoms with E-state index in [0.717, 1.165) is 12.5 Å². The van der Waals surface area contributed by atoms with Crippen LogP contribution in [0.1, 0.15) is 24.0 Å². The van der Waals surface area contributed by atoms with Crippen LogP contribution in [0.3, 0.4) is 0 Å². The normalized spacial score (nSPS) is 14.4. The third kappa shape index (κ3) is 3.77. The van der Waals surface area contributed by atoms with Crippen LogP contribution in [-0.4, -0.2) is 25.8 Å². The molecule has 1 N–H and O–H groups in total. The number of nitrogens with zero attached hydrogens (tertiary/aromatic N) is 2. The van der Waals surface area contributed by atoms with Crippen molar-refractivity contribution < 1.29 is 18.1 Å². The lowest BCUT2D eigenvalue weighted by Gasteiger charge is -2.17. The first-order chi connectivity index (χ1) is 12.7. The Morgan fingerprint density at radius 2 is 1.93 bits per heavy atom. The predicted molar refractivity (Wildman–Crippen MR) is 101 cm³/mol. The molecule has 0 aliphatic carbocycles. The molecule has 0 spiro atoms. The van der Waals surface area contributed by atoms with Gasteiger partial charge < -0.3 is 4.90 Å². The van der Waals surface area contributed by atoms with Crippen molar-refractivity contribution in [1.29, 1.82) is 0 Å². The third-order valence-electron chi connectivity index (χ3n) is 4.59. The molecule has 1 saturated heterocycles. The molecule has 3 rings (SSSR count). The lowest BCUT2D eigenvalue weighted by atomic mass is 10.1. The van der Waals surface area contributed by atoms with Crippen molar-refractivity contribution >= 4 is 33.0 Å². The molecule has 1 heterocycles. The fraction of sp³-hybridized carbons (Fsp3) is 0.278. The van der Waals surface area contributed by atoms with Gasteiger partial charge in [0.05, 0.1) is 15.5 Å². The molecule has 1 aliphatic heterocycles. The van der Waals surface area contributed by atoms with Crippen molar-refractivity contribution in [3.8, 4) is 0 Å². The van der Waals surface area contributed by atoms with Gasteiger partial charge in [-0.3, -0.25) is 19.6 Å². The maximum Gasteiger partial charge on any atom is 0.271 e. The molecule has 9 heteroatoms. The molecular weight excluding hydrogens is 370 g/mol. The van der Waals surface area contributed by atoms with E-state index in [2.05, 4.69) is 4.72 Å². The molecule has 0 atom stereocenters. The Labute approximate surface area is 157 Å². The van der Waals surface area contributed by atoms with Crippen LogP contribution >= 0.6 is 0 Å². The number of sulfonamides is 1. The summed E-state index contributed by atoms with van der Waals surface area (Å²) in [6.07, 6.45) is 1.24. The highest BCUT2D eigenvalue weighted by molar-refractivity contribution is 7.92. The van der Waals surface area contributed by atoms with Crippen molar-refractivity contribution in [2.24, 2.45) is 0 Å². The van der Waals surface area contributed by atoms with Gasteiger partial charge in [-0.1, -0.05) is 6.07 Å². The van der Waals surface area contributed by atoms with Gasteiger partial charge in [-0.15, -0.1) is 0 Å². The summed E-state index contributed by atoms with van der Waals surface area (Å²) in [7, 11) is -4.03. The second-order valence-electron chi connectivity index (χ2n) is 6.45. The summed E-state index contributed by atoms with van der Waals surface area (Å²) in [5.41, 5.74) is 1.58. The van der Waals surface area contributed by atoms with E-state index in [-0.39, 0.29) is 22.2 Å². The number of aryl methyl sites for hydroxylation is 1. The number of rotatable bonds is 5. The molecule has 2 aromatic rings. The molecule has 1 amide bonds. The van der Waals surface area contributed by atoms with E-state index in [1.165, 1.54) is 6.07 Å². The molecule has 0 saturated carbocycles.